The van der Waals surface area contributed by atoms with Gasteiger partial charge in [0.2, 0.25) is 5.91 Å². The van der Waals surface area contributed by atoms with Crippen LogP contribution in [-0.2, 0) is 4.79 Å². The third-order valence-corrected chi connectivity index (χ3v) is 3.10. The van der Waals surface area contributed by atoms with Crippen LogP contribution in [0.3, 0.4) is 0 Å². The molecule has 17 heavy (non-hydrogen) atoms. The standard InChI is InChI=1S/C13H17NO3/c1-8(2)14-12(17)7-11(16)13(14)9-4-3-5-10(15)6-9/h3-6,8,11,13,15-16H,7H2,1-2H3. The second kappa shape index (κ2) is 4.37. The molecule has 4 nitrogen and oxygen atoms in total. The molecular formula is C13H17NO3. The molecule has 1 saturated heterocycles. The molecule has 0 spiro atoms. The predicted molar refractivity (Wildman–Crippen MR) is 63.5 cm³/mol. The van der Waals surface area contributed by atoms with Gasteiger partial charge in [0.1, 0.15) is 5.75 Å². The Hall–Kier alpha value is -1.55. The van der Waals surface area contributed by atoms with E-state index in [9.17, 15) is 15.0 Å². The summed E-state index contributed by atoms with van der Waals surface area (Å²) in [6.45, 7) is 3.84. The fourth-order valence-electron chi connectivity index (χ4n) is 2.44. The summed E-state index contributed by atoms with van der Waals surface area (Å²) in [5.74, 6) is 0.110. The molecule has 2 unspecified atom stereocenters. The van der Waals surface area contributed by atoms with Crippen LogP contribution in [0.4, 0.5) is 0 Å². The summed E-state index contributed by atoms with van der Waals surface area (Å²) < 4.78 is 0. The van der Waals surface area contributed by atoms with E-state index in [1.807, 2.05) is 19.9 Å². The minimum Gasteiger partial charge on any atom is -0.508 e. The second-order valence-corrected chi connectivity index (χ2v) is 4.71. The number of nitrogens with zero attached hydrogens (tertiary/aromatic N) is 1. The molecule has 0 aliphatic carbocycles. The molecule has 92 valence electrons. The zero-order valence-corrected chi connectivity index (χ0v) is 10.00. The van der Waals surface area contributed by atoms with Crippen LogP contribution in [0.2, 0.25) is 0 Å². The molecule has 1 amide bonds. The maximum Gasteiger partial charge on any atom is 0.226 e. The molecule has 4 heteroatoms. The van der Waals surface area contributed by atoms with Gasteiger partial charge in [-0.1, -0.05) is 12.1 Å². The largest absolute Gasteiger partial charge is 0.508 e. The van der Waals surface area contributed by atoms with Crippen LogP contribution in [0.15, 0.2) is 24.3 Å². The Morgan fingerprint density at radius 1 is 1.41 bits per heavy atom. The van der Waals surface area contributed by atoms with Gasteiger partial charge >= 0.3 is 0 Å². The zero-order valence-electron chi connectivity index (χ0n) is 10.00. The normalized spacial score (nSPS) is 24.7. The third-order valence-electron chi connectivity index (χ3n) is 3.10. The van der Waals surface area contributed by atoms with Crippen LogP contribution in [0.1, 0.15) is 31.9 Å². The van der Waals surface area contributed by atoms with Crippen LogP contribution in [0.25, 0.3) is 0 Å². The van der Waals surface area contributed by atoms with Crippen molar-refractivity contribution in [2.45, 2.75) is 38.5 Å². The third kappa shape index (κ3) is 2.13. The van der Waals surface area contributed by atoms with E-state index >= 15 is 0 Å². The van der Waals surface area contributed by atoms with Crippen molar-refractivity contribution in [2.24, 2.45) is 0 Å². The number of benzene rings is 1. The molecule has 1 aromatic carbocycles. The molecule has 1 fully saturated rings. The Morgan fingerprint density at radius 3 is 2.71 bits per heavy atom. The Kier molecular flexibility index (Phi) is 3.07. The van der Waals surface area contributed by atoms with Crippen LogP contribution in [0.5, 0.6) is 5.75 Å². The molecule has 0 saturated carbocycles. The lowest BCUT2D eigenvalue weighted by Crippen LogP contribution is -2.35. The lowest BCUT2D eigenvalue weighted by Gasteiger charge is -2.30. The van der Waals surface area contributed by atoms with Crippen molar-refractivity contribution in [3.63, 3.8) is 0 Å². The van der Waals surface area contributed by atoms with E-state index in [1.54, 1.807) is 23.1 Å². The van der Waals surface area contributed by atoms with Gasteiger partial charge in [-0.05, 0) is 31.5 Å². The van der Waals surface area contributed by atoms with Crippen LogP contribution >= 0.6 is 0 Å². The molecule has 2 atom stereocenters. The summed E-state index contributed by atoms with van der Waals surface area (Å²) in [6.07, 6.45) is -0.551. The zero-order chi connectivity index (χ0) is 12.6. The summed E-state index contributed by atoms with van der Waals surface area (Å²) in [6, 6.07) is 6.40. The second-order valence-electron chi connectivity index (χ2n) is 4.71. The van der Waals surface area contributed by atoms with Crippen molar-refractivity contribution in [1.82, 2.24) is 4.90 Å². The highest BCUT2D eigenvalue weighted by Crippen LogP contribution is 2.35. The first-order chi connectivity index (χ1) is 8.00. The predicted octanol–water partition coefficient (Wildman–Crippen LogP) is 1.43. The minimum absolute atomic E-state index is 0.0343. The highest BCUT2D eigenvalue weighted by molar-refractivity contribution is 5.80. The van der Waals surface area contributed by atoms with Gasteiger partial charge in [0.25, 0.3) is 0 Å². The first-order valence-corrected chi connectivity index (χ1v) is 5.79. The van der Waals surface area contributed by atoms with Crippen LogP contribution in [-0.4, -0.2) is 33.2 Å². The van der Waals surface area contributed by atoms with Gasteiger partial charge in [0.15, 0.2) is 0 Å². The summed E-state index contributed by atoms with van der Waals surface area (Å²) in [5, 5.41) is 19.4. The fraction of sp³-hybridized carbons (Fsp3) is 0.462. The maximum absolute atomic E-state index is 11.8. The number of amides is 1. The molecule has 1 aliphatic heterocycles. The van der Waals surface area contributed by atoms with E-state index in [-0.39, 0.29) is 30.2 Å². The van der Waals surface area contributed by atoms with Gasteiger partial charge in [-0.25, -0.2) is 0 Å². The molecule has 1 aliphatic rings. The van der Waals surface area contributed by atoms with Gasteiger partial charge in [0, 0.05) is 6.04 Å². The SMILES string of the molecule is CC(C)N1C(=O)CC(O)C1c1cccc(O)c1. The van der Waals surface area contributed by atoms with Crippen molar-refractivity contribution in [3.8, 4) is 5.75 Å². The van der Waals surface area contributed by atoms with Gasteiger partial charge in [-0.3, -0.25) is 4.79 Å². The van der Waals surface area contributed by atoms with Gasteiger partial charge in [-0.15, -0.1) is 0 Å². The quantitative estimate of drug-likeness (QED) is 0.815. The van der Waals surface area contributed by atoms with E-state index < -0.39 is 6.10 Å². The number of hydrogen-bond donors (Lipinski definition) is 2. The molecule has 0 bridgehead atoms. The summed E-state index contributed by atoms with van der Waals surface area (Å²) in [4.78, 5) is 13.5. The lowest BCUT2D eigenvalue weighted by atomic mass is 10.0. The number of phenols is 1. The van der Waals surface area contributed by atoms with Crippen molar-refractivity contribution < 1.29 is 15.0 Å². The Bertz CT molecular complexity index is 430. The molecule has 0 radical (unpaired) electrons. The number of aliphatic hydroxyl groups is 1. The van der Waals surface area contributed by atoms with Crippen molar-refractivity contribution in [1.29, 1.82) is 0 Å². The monoisotopic (exact) mass is 235 g/mol. The Balaban J connectivity index is 2.38. The van der Waals surface area contributed by atoms with Gasteiger partial charge in [0.05, 0.1) is 18.6 Å². The average Bonchev–Trinajstić information content (AvgIpc) is 2.53. The van der Waals surface area contributed by atoms with E-state index in [0.29, 0.717) is 0 Å². The molecular weight excluding hydrogens is 218 g/mol. The smallest absolute Gasteiger partial charge is 0.226 e. The molecule has 2 N–H and O–H groups in total. The average molecular weight is 235 g/mol. The maximum atomic E-state index is 11.8. The topological polar surface area (TPSA) is 60.8 Å². The molecule has 1 heterocycles. The van der Waals surface area contributed by atoms with E-state index in [2.05, 4.69) is 0 Å². The number of hydrogen-bond acceptors (Lipinski definition) is 3. The molecule has 1 aromatic rings. The number of aromatic hydroxyl groups is 1. The number of carbonyl (C=O) groups excluding carboxylic acids is 1. The van der Waals surface area contributed by atoms with Crippen molar-refractivity contribution in [3.05, 3.63) is 29.8 Å². The van der Waals surface area contributed by atoms with Crippen molar-refractivity contribution >= 4 is 5.91 Å². The van der Waals surface area contributed by atoms with Gasteiger partial charge < -0.3 is 15.1 Å². The number of carbonyl (C=O) groups is 1. The first kappa shape index (κ1) is 11.9. The lowest BCUT2D eigenvalue weighted by molar-refractivity contribution is -0.130. The number of phenolic OH excluding ortho intramolecular Hbond substituents is 1. The van der Waals surface area contributed by atoms with Crippen LogP contribution in [0, 0.1) is 0 Å². The summed E-state index contributed by atoms with van der Waals surface area (Å²) >= 11 is 0. The number of likely N-dealkylation sites (tertiary alicyclic amines) is 1. The Labute approximate surface area is 100 Å². The summed E-state index contributed by atoms with van der Waals surface area (Å²) in [5.41, 5.74) is 0.775. The summed E-state index contributed by atoms with van der Waals surface area (Å²) in [7, 11) is 0. The van der Waals surface area contributed by atoms with Crippen molar-refractivity contribution in [2.75, 3.05) is 0 Å². The number of rotatable bonds is 2. The molecule has 0 aromatic heterocycles. The highest BCUT2D eigenvalue weighted by atomic mass is 16.3. The first-order valence-electron chi connectivity index (χ1n) is 5.79. The fourth-order valence-corrected chi connectivity index (χ4v) is 2.44. The minimum atomic E-state index is -0.702. The van der Waals surface area contributed by atoms with E-state index in [1.165, 1.54) is 0 Å². The number of aliphatic hydroxyl groups excluding tert-OH is 1. The Morgan fingerprint density at radius 2 is 2.12 bits per heavy atom. The van der Waals surface area contributed by atoms with Crippen LogP contribution < -0.4 is 0 Å². The van der Waals surface area contributed by atoms with E-state index in [0.717, 1.165) is 5.56 Å². The highest BCUT2D eigenvalue weighted by Gasteiger charge is 2.40. The molecule has 2 rings (SSSR count). The van der Waals surface area contributed by atoms with Gasteiger partial charge in [-0.2, -0.15) is 0 Å². The van der Waals surface area contributed by atoms with E-state index in [4.69, 9.17) is 0 Å².